The van der Waals surface area contributed by atoms with Gasteiger partial charge in [-0.3, -0.25) is 19.4 Å². The van der Waals surface area contributed by atoms with Gasteiger partial charge in [-0.05, 0) is 58.3 Å². The minimum atomic E-state index is 0.103. The van der Waals surface area contributed by atoms with Crippen LogP contribution < -0.4 is 10.6 Å². The van der Waals surface area contributed by atoms with Crippen molar-refractivity contribution >= 4 is 11.8 Å². The molecule has 0 aromatic heterocycles. The average Bonchev–Trinajstić information content (AvgIpc) is 2.56. The fraction of sp³-hybridized carbons (Fsp3) is 0.882. The Morgan fingerprint density at radius 3 is 1.43 bits per heavy atom. The zero-order chi connectivity index (χ0) is 16.3. The summed E-state index contributed by atoms with van der Waals surface area (Å²) >= 11 is 0. The van der Waals surface area contributed by atoms with E-state index in [9.17, 15) is 9.59 Å². The Hall–Kier alpha value is -1.14. The third-order valence-corrected chi connectivity index (χ3v) is 4.63. The zero-order valence-electron chi connectivity index (χ0n) is 14.3. The lowest BCUT2D eigenvalue weighted by Gasteiger charge is -2.25. The molecule has 0 bridgehead atoms. The predicted octanol–water partition coefficient (Wildman–Crippen LogP) is 0.581. The van der Waals surface area contributed by atoms with Crippen molar-refractivity contribution in [3.8, 4) is 0 Å². The Morgan fingerprint density at radius 1 is 0.652 bits per heavy atom. The van der Waals surface area contributed by atoms with Crippen LogP contribution in [0.5, 0.6) is 0 Å². The molecule has 0 unspecified atom stereocenters. The van der Waals surface area contributed by atoms with E-state index in [1.807, 2.05) is 0 Å². The van der Waals surface area contributed by atoms with E-state index in [-0.39, 0.29) is 11.8 Å². The van der Waals surface area contributed by atoms with Gasteiger partial charge in [0.2, 0.25) is 11.8 Å². The summed E-state index contributed by atoms with van der Waals surface area (Å²) in [6.45, 7) is 6.47. The maximum absolute atomic E-state index is 11.8. The molecular weight excluding hydrogens is 292 g/mol. The topological polar surface area (TPSA) is 64.7 Å². The Kier molecular flexibility index (Phi) is 8.39. The third-order valence-electron chi connectivity index (χ3n) is 4.63. The zero-order valence-corrected chi connectivity index (χ0v) is 14.3. The number of piperidine rings is 2. The molecule has 0 radical (unpaired) electrons. The lowest BCUT2D eigenvalue weighted by molar-refractivity contribution is -0.122. The monoisotopic (exact) mass is 324 g/mol. The molecule has 0 aromatic rings. The van der Waals surface area contributed by atoms with Gasteiger partial charge >= 0.3 is 0 Å². The largest absolute Gasteiger partial charge is 0.355 e. The van der Waals surface area contributed by atoms with Gasteiger partial charge in [0.25, 0.3) is 0 Å². The molecule has 0 aliphatic carbocycles. The van der Waals surface area contributed by atoms with Crippen LogP contribution in [0.25, 0.3) is 0 Å². The first kappa shape index (κ1) is 18.2. The number of likely N-dealkylation sites (tertiary alicyclic amines) is 2. The molecule has 2 rings (SSSR count). The number of rotatable bonds is 8. The first-order chi connectivity index (χ1) is 11.2. The average molecular weight is 324 g/mol. The maximum atomic E-state index is 11.8. The molecule has 6 nitrogen and oxygen atoms in total. The molecule has 2 saturated heterocycles. The summed E-state index contributed by atoms with van der Waals surface area (Å²) in [4.78, 5) is 28.1. The highest BCUT2D eigenvalue weighted by atomic mass is 16.2. The van der Waals surface area contributed by atoms with Gasteiger partial charge in [0.1, 0.15) is 0 Å². The van der Waals surface area contributed by atoms with Crippen molar-refractivity contribution in [3.63, 3.8) is 0 Å². The van der Waals surface area contributed by atoms with E-state index in [0.717, 1.165) is 32.6 Å². The second-order valence-corrected chi connectivity index (χ2v) is 6.73. The minimum absolute atomic E-state index is 0.103. The molecule has 2 heterocycles. The fourth-order valence-electron chi connectivity index (χ4n) is 3.30. The van der Waals surface area contributed by atoms with Crippen molar-refractivity contribution in [2.75, 3.05) is 52.4 Å². The fourth-order valence-corrected chi connectivity index (χ4v) is 3.30. The highest BCUT2D eigenvalue weighted by Gasteiger charge is 2.14. The molecule has 2 N–H and O–H groups in total. The van der Waals surface area contributed by atoms with E-state index in [0.29, 0.717) is 26.2 Å². The summed E-state index contributed by atoms with van der Waals surface area (Å²) in [7, 11) is 0. The van der Waals surface area contributed by atoms with Crippen molar-refractivity contribution in [1.82, 2.24) is 20.4 Å². The predicted molar refractivity (Wildman–Crippen MR) is 91.2 cm³/mol. The number of hydrogen-bond donors (Lipinski definition) is 2. The van der Waals surface area contributed by atoms with Gasteiger partial charge in [-0.1, -0.05) is 12.8 Å². The number of carbonyl (C=O) groups is 2. The number of amides is 2. The lowest BCUT2D eigenvalue weighted by Crippen LogP contribution is -2.41. The van der Waals surface area contributed by atoms with Crippen LogP contribution in [0.2, 0.25) is 0 Å². The third kappa shape index (κ3) is 7.79. The first-order valence-electron chi connectivity index (χ1n) is 9.22. The standard InChI is InChI=1S/C17H32N4O2/c22-16(14-20-10-3-1-4-11-20)18-8-7-9-19-17(23)15-21-12-5-2-6-13-21/h1-15H2,(H,18,22)(H,19,23). The molecule has 2 aliphatic heterocycles. The lowest BCUT2D eigenvalue weighted by atomic mass is 10.1. The summed E-state index contributed by atoms with van der Waals surface area (Å²) in [6.07, 6.45) is 8.18. The second-order valence-electron chi connectivity index (χ2n) is 6.73. The minimum Gasteiger partial charge on any atom is -0.355 e. The molecular formula is C17H32N4O2. The van der Waals surface area contributed by atoms with Crippen molar-refractivity contribution in [3.05, 3.63) is 0 Å². The quantitative estimate of drug-likeness (QED) is 0.641. The molecule has 0 atom stereocenters. The van der Waals surface area contributed by atoms with Crippen molar-refractivity contribution in [2.24, 2.45) is 0 Å². The van der Waals surface area contributed by atoms with Crippen LogP contribution in [-0.4, -0.2) is 74.0 Å². The van der Waals surface area contributed by atoms with Gasteiger partial charge < -0.3 is 10.6 Å². The number of hydrogen-bond acceptors (Lipinski definition) is 4. The van der Waals surface area contributed by atoms with E-state index in [4.69, 9.17) is 0 Å². The second kappa shape index (κ2) is 10.6. The molecule has 2 aliphatic rings. The molecule has 0 saturated carbocycles. The van der Waals surface area contributed by atoms with Crippen LogP contribution in [0.4, 0.5) is 0 Å². The van der Waals surface area contributed by atoms with Crippen molar-refractivity contribution in [2.45, 2.75) is 44.9 Å². The summed E-state index contributed by atoms with van der Waals surface area (Å²) in [5.41, 5.74) is 0. The van der Waals surface area contributed by atoms with Gasteiger partial charge in [-0.25, -0.2) is 0 Å². The van der Waals surface area contributed by atoms with Gasteiger partial charge in [0, 0.05) is 13.1 Å². The Bertz CT molecular complexity index is 330. The summed E-state index contributed by atoms with van der Waals surface area (Å²) in [6, 6.07) is 0. The number of carbonyl (C=O) groups excluding carboxylic acids is 2. The summed E-state index contributed by atoms with van der Waals surface area (Å²) in [5.74, 6) is 0.207. The first-order valence-corrected chi connectivity index (χ1v) is 9.22. The van der Waals surface area contributed by atoms with Crippen LogP contribution in [0.3, 0.4) is 0 Å². The van der Waals surface area contributed by atoms with Gasteiger partial charge in [-0.15, -0.1) is 0 Å². The van der Waals surface area contributed by atoms with Crippen LogP contribution in [0, 0.1) is 0 Å². The van der Waals surface area contributed by atoms with Gasteiger partial charge in [0.15, 0.2) is 0 Å². The van der Waals surface area contributed by atoms with Gasteiger partial charge in [0.05, 0.1) is 13.1 Å². The molecule has 132 valence electrons. The Morgan fingerprint density at radius 2 is 1.04 bits per heavy atom. The maximum Gasteiger partial charge on any atom is 0.234 e. The van der Waals surface area contributed by atoms with E-state index < -0.39 is 0 Å². The van der Waals surface area contributed by atoms with E-state index in [2.05, 4.69) is 20.4 Å². The number of nitrogens with zero attached hydrogens (tertiary/aromatic N) is 2. The summed E-state index contributed by atoms with van der Waals surface area (Å²) < 4.78 is 0. The smallest absolute Gasteiger partial charge is 0.234 e. The van der Waals surface area contributed by atoms with E-state index >= 15 is 0 Å². The molecule has 0 spiro atoms. The Labute approximate surface area is 140 Å². The number of nitrogens with one attached hydrogen (secondary N) is 2. The van der Waals surface area contributed by atoms with Crippen molar-refractivity contribution in [1.29, 1.82) is 0 Å². The van der Waals surface area contributed by atoms with E-state index in [1.165, 1.54) is 38.5 Å². The molecule has 0 aromatic carbocycles. The van der Waals surface area contributed by atoms with Crippen LogP contribution >= 0.6 is 0 Å². The normalized spacial score (nSPS) is 20.2. The molecule has 2 amide bonds. The summed E-state index contributed by atoms with van der Waals surface area (Å²) in [5, 5.41) is 5.89. The Balaban J connectivity index is 1.45. The molecule has 2 fully saturated rings. The van der Waals surface area contributed by atoms with E-state index in [1.54, 1.807) is 0 Å². The molecule has 23 heavy (non-hydrogen) atoms. The molecule has 6 heteroatoms. The van der Waals surface area contributed by atoms with Crippen LogP contribution in [0.15, 0.2) is 0 Å². The van der Waals surface area contributed by atoms with Crippen LogP contribution in [-0.2, 0) is 9.59 Å². The van der Waals surface area contributed by atoms with Crippen molar-refractivity contribution < 1.29 is 9.59 Å². The highest BCUT2D eigenvalue weighted by molar-refractivity contribution is 5.78. The highest BCUT2D eigenvalue weighted by Crippen LogP contribution is 2.08. The van der Waals surface area contributed by atoms with Gasteiger partial charge in [-0.2, -0.15) is 0 Å². The SMILES string of the molecule is O=C(CN1CCCCC1)NCCCNC(=O)CN1CCCCC1. The van der Waals surface area contributed by atoms with Crippen LogP contribution in [0.1, 0.15) is 44.9 Å².